The molecule has 0 bridgehead atoms. The van der Waals surface area contributed by atoms with Gasteiger partial charge in [0.1, 0.15) is 0 Å². The minimum atomic E-state index is -4.56. The topological polar surface area (TPSA) is 59.0 Å². The molecular formula is C17H11Cl2F3N4O. The lowest BCUT2D eigenvalue weighted by atomic mass is 10.1. The Kier molecular flexibility index (Phi) is 5.29. The van der Waals surface area contributed by atoms with Crippen molar-refractivity contribution in [1.82, 2.24) is 9.55 Å². The van der Waals surface area contributed by atoms with E-state index in [2.05, 4.69) is 15.6 Å². The fourth-order valence-corrected chi connectivity index (χ4v) is 2.76. The van der Waals surface area contributed by atoms with Gasteiger partial charge in [-0.3, -0.25) is 0 Å². The zero-order valence-corrected chi connectivity index (χ0v) is 14.9. The van der Waals surface area contributed by atoms with Crippen molar-refractivity contribution in [3.05, 3.63) is 70.7 Å². The van der Waals surface area contributed by atoms with Gasteiger partial charge in [0.15, 0.2) is 0 Å². The lowest BCUT2D eigenvalue weighted by Crippen LogP contribution is -2.21. The molecule has 0 spiro atoms. The predicted molar refractivity (Wildman–Crippen MR) is 97.7 cm³/mol. The Labute approximate surface area is 161 Å². The summed E-state index contributed by atoms with van der Waals surface area (Å²) in [7, 11) is 0. The molecule has 2 amide bonds. The van der Waals surface area contributed by atoms with Crippen LogP contribution < -0.4 is 10.6 Å². The number of amides is 2. The Morgan fingerprint density at radius 1 is 1.04 bits per heavy atom. The summed E-state index contributed by atoms with van der Waals surface area (Å²) in [5, 5.41) is 5.45. The van der Waals surface area contributed by atoms with E-state index >= 15 is 0 Å². The average Bonchev–Trinajstić information content (AvgIpc) is 3.11. The van der Waals surface area contributed by atoms with Gasteiger partial charge in [-0.2, -0.15) is 13.2 Å². The molecule has 0 unspecified atom stereocenters. The Hall–Kier alpha value is -2.71. The van der Waals surface area contributed by atoms with Crippen LogP contribution in [0.15, 0.2) is 55.1 Å². The van der Waals surface area contributed by atoms with E-state index in [4.69, 9.17) is 23.2 Å². The first kappa shape index (κ1) is 19.1. The molecule has 0 radical (unpaired) electrons. The van der Waals surface area contributed by atoms with Crippen molar-refractivity contribution in [3.63, 3.8) is 0 Å². The zero-order valence-electron chi connectivity index (χ0n) is 13.4. The summed E-state index contributed by atoms with van der Waals surface area (Å²) in [4.78, 5) is 16.1. The molecule has 27 heavy (non-hydrogen) atoms. The summed E-state index contributed by atoms with van der Waals surface area (Å²) in [6.45, 7) is 0. The molecule has 1 heterocycles. The van der Waals surface area contributed by atoms with E-state index in [1.165, 1.54) is 41.4 Å². The van der Waals surface area contributed by atoms with E-state index in [1.807, 2.05) is 0 Å². The molecule has 0 aliphatic heterocycles. The van der Waals surface area contributed by atoms with E-state index in [1.54, 1.807) is 6.20 Å². The standard InChI is InChI=1S/C17H11Cl2F3N4O/c18-11-2-3-13(12(19)8-11)24-16(27)25-14-7-10(17(20,21)22)1-4-15(14)26-6-5-23-9-26/h1-9H,(H2,24,25,27). The molecule has 0 saturated carbocycles. The van der Waals surface area contributed by atoms with Crippen LogP contribution in [0.1, 0.15) is 5.56 Å². The Morgan fingerprint density at radius 3 is 2.41 bits per heavy atom. The number of halogens is 5. The highest BCUT2D eigenvalue weighted by Gasteiger charge is 2.31. The van der Waals surface area contributed by atoms with Crippen molar-refractivity contribution in [2.45, 2.75) is 6.18 Å². The summed E-state index contributed by atoms with van der Waals surface area (Å²) in [5.74, 6) is 0. The van der Waals surface area contributed by atoms with Crippen LogP contribution in [0.25, 0.3) is 5.69 Å². The van der Waals surface area contributed by atoms with Crippen LogP contribution in [-0.2, 0) is 6.18 Å². The van der Waals surface area contributed by atoms with E-state index in [9.17, 15) is 18.0 Å². The van der Waals surface area contributed by atoms with Gasteiger partial charge in [-0.15, -0.1) is 0 Å². The van der Waals surface area contributed by atoms with Gasteiger partial charge in [0.25, 0.3) is 0 Å². The number of hydrogen-bond acceptors (Lipinski definition) is 2. The van der Waals surface area contributed by atoms with Gasteiger partial charge >= 0.3 is 12.2 Å². The molecule has 0 aliphatic rings. The van der Waals surface area contributed by atoms with Crippen LogP contribution in [0.5, 0.6) is 0 Å². The molecule has 2 N–H and O–H groups in total. The normalized spacial score (nSPS) is 11.3. The number of urea groups is 1. The summed E-state index contributed by atoms with van der Waals surface area (Å²) in [6, 6.07) is 6.68. The van der Waals surface area contributed by atoms with Crippen LogP contribution in [0, 0.1) is 0 Å². The van der Waals surface area contributed by atoms with Crippen molar-refractivity contribution in [2.75, 3.05) is 10.6 Å². The average molecular weight is 415 g/mol. The fraction of sp³-hybridized carbons (Fsp3) is 0.0588. The Bertz CT molecular complexity index is 975. The molecular weight excluding hydrogens is 404 g/mol. The molecule has 10 heteroatoms. The maximum atomic E-state index is 13.0. The summed E-state index contributed by atoms with van der Waals surface area (Å²) < 4.78 is 40.6. The fourth-order valence-electron chi connectivity index (χ4n) is 2.31. The van der Waals surface area contributed by atoms with E-state index in [0.29, 0.717) is 10.7 Å². The first-order valence-electron chi connectivity index (χ1n) is 7.46. The number of nitrogens with one attached hydrogen (secondary N) is 2. The number of benzene rings is 2. The smallest absolute Gasteiger partial charge is 0.306 e. The maximum Gasteiger partial charge on any atom is 0.416 e. The van der Waals surface area contributed by atoms with Gasteiger partial charge < -0.3 is 15.2 Å². The van der Waals surface area contributed by atoms with Gasteiger partial charge in [-0.1, -0.05) is 23.2 Å². The SMILES string of the molecule is O=C(Nc1ccc(Cl)cc1Cl)Nc1cc(C(F)(F)F)ccc1-n1ccnc1. The van der Waals surface area contributed by atoms with E-state index < -0.39 is 17.8 Å². The van der Waals surface area contributed by atoms with Crippen molar-refractivity contribution >= 4 is 40.6 Å². The van der Waals surface area contributed by atoms with Gasteiger partial charge in [-0.05, 0) is 36.4 Å². The maximum absolute atomic E-state index is 13.0. The van der Waals surface area contributed by atoms with Gasteiger partial charge in [0, 0.05) is 17.4 Å². The van der Waals surface area contributed by atoms with Crippen LogP contribution in [0.2, 0.25) is 10.0 Å². The van der Waals surface area contributed by atoms with Gasteiger partial charge in [-0.25, -0.2) is 9.78 Å². The molecule has 0 fully saturated rings. The number of nitrogens with zero attached hydrogens (tertiary/aromatic N) is 2. The van der Waals surface area contributed by atoms with Gasteiger partial charge in [0.05, 0.1) is 34.0 Å². The van der Waals surface area contributed by atoms with Crippen LogP contribution >= 0.6 is 23.2 Å². The second-order valence-corrected chi connectivity index (χ2v) is 6.25. The number of rotatable bonds is 3. The van der Waals surface area contributed by atoms with E-state index in [-0.39, 0.29) is 16.4 Å². The zero-order chi connectivity index (χ0) is 19.6. The molecule has 3 aromatic rings. The molecule has 0 saturated heterocycles. The third-order valence-corrected chi connectivity index (χ3v) is 4.08. The van der Waals surface area contributed by atoms with Crippen molar-refractivity contribution in [2.24, 2.45) is 0 Å². The molecule has 0 atom stereocenters. The predicted octanol–water partition coefficient (Wildman–Crippen LogP) is 5.84. The summed E-state index contributed by atoms with van der Waals surface area (Å²) >= 11 is 11.8. The highest BCUT2D eigenvalue weighted by Crippen LogP contribution is 2.33. The largest absolute Gasteiger partial charge is 0.416 e. The number of alkyl halides is 3. The molecule has 3 rings (SSSR count). The second-order valence-electron chi connectivity index (χ2n) is 5.40. The quantitative estimate of drug-likeness (QED) is 0.565. The second kappa shape index (κ2) is 7.50. The minimum Gasteiger partial charge on any atom is -0.306 e. The van der Waals surface area contributed by atoms with Crippen LogP contribution in [-0.4, -0.2) is 15.6 Å². The minimum absolute atomic E-state index is 0.0505. The van der Waals surface area contributed by atoms with Crippen molar-refractivity contribution in [3.8, 4) is 5.69 Å². The van der Waals surface area contributed by atoms with Crippen molar-refractivity contribution < 1.29 is 18.0 Å². The van der Waals surface area contributed by atoms with Crippen LogP contribution in [0.4, 0.5) is 29.3 Å². The number of carbonyl (C=O) groups is 1. The summed E-state index contributed by atoms with van der Waals surface area (Å²) in [5.41, 5.74) is -0.371. The highest BCUT2D eigenvalue weighted by atomic mass is 35.5. The Morgan fingerprint density at radius 2 is 1.78 bits per heavy atom. The number of carbonyl (C=O) groups excluding carboxylic acids is 1. The number of hydrogen-bond donors (Lipinski definition) is 2. The number of imidazole rings is 1. The summed E-state index contributed by atoms with van der Waals surface area (Å²) in [6.07, 6.45) is -0.141. The first-order valence-corrected chi connectivity index (χ1v) is 8.22. The molecule has 140 valence electrons. The number of anilines is 2. The van der Waals surface area contributed by atoms with Gasteiger partial charge in [0.2, 0.25) is 0 Å². The molecule has 2 aromatic carbocycles. The molecule has 5 nitrogen and oxygen atoms in total. The number of aromatic nitrogens is 2. The van der Waals surface area contributed by atoms with Crippen molar-refractivity contribution in [1.29, 1.82) is 0 Å². The monoisotopic (exact) mass is 414 g/mol. The molecule has 1 aromatic heterocycles. The van der Waals surface area contributed by atoms with Crippen LogP contribution in [0.3, 0.4) is 0 Å². The Balaban J connectivity index is 1.90. The third kappa shape index (κ3) is 4.53. The first-order chi connectivity index (χ1) is 12.7. The highest BCUT2D eigenvalue weighted by molar-refractivity contribution is 6.36. The molecule has 0 aliphatic carbocycles. The van der Waals surface area contributed by atoms with E-state index in [0.717, 1.165) is 12.1 Å². The lowest BCUT2D eigenvalue weighted by molar-refractivity contribution is -0.137. The lowest BCUT2D eigenvalue weighted by Gasteiger charge is -2.16. The third-order valence-electron chi connectivity index (χ3n) is 3.53.